The third kappa shape index (κ3) is 3.86. The molecule has 0 saturated heterocycles. The Balaban J connectivity index is 1.78. The summed E-state index contributed by atoms with van der Waals surface area (Å²) in [7, 11) is 0. The van der Waals surface area contributed by atoms with Crippen LogP contribution in [0.3, 0.4) is 0 Å². The normalized spacial score (nSPS) is 10.7. The molecule has 25 heavy (non-hydrogen) atoms. The molecule has 0 spiro atoms. The molecule has 1 aromatic heterocycles. The highest BCUT2D eigenvalue weighted by Crippen LogP contribution is 2.26. The van der Waals surface area contributed by atoms with Crippen LogP contribution in [0.25, 0.3) is 22.5 Å². The first kappa shape index (κ1) is 16.7. The van der Waals surface area contributed by atoms with E-state index in [9.17, 15) is 9.59 Å². The number of carbonyl (C=O) groups is 2. The molecule has 1 heterocycles. The first-order valence-electron chi connectivity index (χ1n) is 8.03. The van der Waals surface area contributed by atoms with E-state index in [-0.39, 0.29) is 12.1 Å². The van der Waals surface area contributed by atoms with Crippen molar-refractivity contribution >= 4 is 12.3 Å². The average Bonchev–Trinajstić information content (AvgIpc) is 3.11. The lowest BCUT2D eigenvalue weighted by molar-refractivity contribution is 0.0378. The number of ether oxygens (including phenoxy) is 1. The third-order valence-corrected chi connectivity index (χ3v) is 3.71. The number of carbonyl (C=O) groups excluding carboxylic acids is 2. The molecular formula is C21H18O4. The van der Waals surface area contributed by atoms with Crippen molar-refractivity contribution in [2.75, 3.05) is 0 Å². The lowest BCUT2D eigenvalue weighted by Crippen LogP contribution is -2.11. The fourth-order valence-electron chi connectivity index (χ4n) is 2.48. The van der Waals surface area contributed by atoms with Gasteiger partial charge in [0.2, 0.25) is 0 Å². The van der Waals surface area contributed by atoms with Gasteiger partial charge in [0.25, 0.3) is 0 Å². The molecule has 4 heteroatoms. The van der Waals surface area contributed by atoms with Crippen LogP contribution in [-0.4, -0.2) is 18.4 Å². The van der Waals surface area contributed by atoms with Crippen molar-refractivity contribution in [3.63, 3.8) is 0 Å². The molecule has 3 aromatic rings. The number of benzene rings is 2. The van der Waals surface area contributed by atoms with Crippen molar-refractivity contribution in [3.8, 4) is 22.5 Å². The third-order valence-electron chi connectivity index (χ3n) is 3.71. The Labute approximate surface area is 146 Å². The molecule has 0 aliphatic heterocycles. The Morgan fingerprint density at radius 2 is 1.44 bits per heavy atom. The Kier molecular flexibility index (Phi) is 4.80. The lowest BCUT2D eigenvalue weighted by Gasteiger charge is -2.08. The molecule has 0 saturated carbocycles. The molecule has 2 aromatic carbocycles. The van der Waals surface area contributed by atoms with Crippen LogP contribution in [0.15, 0.2) is 65.1 Å². The second-order valence-electron chi connectivity index (χ2n) is 5.93. The second kappa shape index (κ2) is 7.18. The van der Waals surface area contributed by atoms with Gasteiger partial charge in [-0.05, 0) is 49.2 Å². The number of hydrogen-bond donors (Lipinski definition) is 0. The van der Waals surface area contributed by atoms with Crippen LogP contribution in [0.1, 0.15) is 34.8 Å². The van der Waals surface area contributed by atoms with E-state index < -0.39 is 0 Å². The zero-order chi connectivity index (χ0) is 17.8. The van der Waals surface area contributed by atoms with Gasteiger partial charge in [0.1, 0.15) is 5.76 Å². The van der Waals surface area contributed by atoms with Crippen LogP contribution in [0.4, 0.5) is 0 Å². The maximum Gasteiger partial charge on any atom is 0.338 e. The summed E-state index contributed by atoms with van der Waals surface area (Å²) in [6.45, 7) is 3.65. The van der Waals surface area contributed by atoms with Gasteiger partial charge in [0.15, 0.2) is 12.0 Å². The highest BCUT2D eigenvalue weighted by molar-refractivity contribution is 5.90. The largest absolute Gasteiger partial charge is 0.459 e. The predicted octanol–water partition coefficient (Wildman–Crippen LogP) is 4.99. The molecular weight excluding hydrogens is 316 g/mol. The van der Waals surface area contributed by atoms with Crippen molar-refractivity contribution in [3.05, 3.63) is 72.0 Å². The highest BCUT2D eigenvalue weighted by atomic mass is 16.5. The number of esters is 1. The summed E-state index contributed by atoms with van der Waals surface area (Å²) in [6.07, 6.45) is 0.546. The average molecular weight is 334 g/mol. The molecule has 0 fully saturated rings. The zero-order valence-corrected chi connectivity index (χ0v) is 14.1. The van der Waals surface area contributed by atoms with Gasteiger partial charge >= 0.3 is 5.97 Å². The summed E-state index contributed by atoms with van der Waals surface area (Å²) in [5.41, 5.74) is 3.45. The van der Waals surface area contributed by atoms with Crippen molar-refractivity contribution in [1.29, 1.82) is 0 Å². The fourth-order valence-corrected chi connectivity index (χ4v) is 2.48. The van der Waals surface area contributed by atoms with Crippen LogP contribution in [0, 0.1) is 0 Å². The first-order chi connectivity index (χ1) is 12.1. The lowest BCUT2D eigenvalue weighted by atomic mass is 10.0. The highest BCUT2D eigenvalue weighted by Gasteiger charge is 2.09. The van der Waals surface area contributed by atoms with E-state index in [0.29, 0.717) is 23.4 Å². The Hall–Kier alpha value is -3.14. The fraction of sp³-hybridized carbons (Fsp3) is 0.143. The van der Waals surface area contributed by atoms with Crippen LogP contribution >= 0.6 is 0 Å². The summed E-state index contributed by atoms with van der Waals surface area (Å²) < 4.78 is 10.6. The maximum absolute atomic E-state index is 11.9. The molecule has 0 aliphatic carbocycles. The van der Waals surface area contributed by atoms with Gasteiger partial charge in [0.05, 0.1) is 11.7 Å². The summed E-state index contributed by atoms with van der Waals surface area (Å²) in [5.74, 6) is 0.643. The number of hydrogen-bond acceptors (Lipinski definition) is 4. The van der Waals surface area contributed by atoms with Crippen LogP contribution in [0.2, 0.25) is 0 Å². The van der Waals surface area contributed by atoms with Crippen LogP contribution in [-0.2, 0) is 4.74 Å². The maximum atomic E-state index is 11.9. The van der Waals surface area contributed by atoms with E-state index in [2.05, 4.69) is 0 Å². The van der Waals surface area contributed by atoms with Crippen LogP contribution in [0.5, 0.6) is 0 Å². The van der Waals surface area contributed by atoms with E-state index in [1.807, 2.05) is 50.2 Å². The predicted molar refractivity (Wildman–Crippen MR) is 95.5 cm³/mol. The van der Waals surface area contributed by atoms with E-state index in [1.54, 1.807) is 24.3 Å². The Morgan fingerprint density at radius 3 is 1.96 bits per heavy atom. The molecule has 3 rings (SSSR count). The summed E-state index contributed by atoms with van der Waals surface area (Å²) in [6, 6.07) is 18.5. The van der Waals surface area contributed by atoms with Crippen molar-refractivity contribution in [2.24, 2.45) is 0 Å². The topological polar surface area (TPSA) is 56.5 Å². The zero-order valence-electron chi connectivity index (χ0n) is 14.1. The molecule has 126 valence electrons. The standard InChI is InChI=1S/C21H18O4/c1-14(2)24-21(23)18-9-5-16(6-10-18)15-3-7-17(8-4-15)20-12-11-19(13-22)25-20/h3-14H,1-2H3. The molecule has 0 atom stereocenters. The number of furan rings is 1. The van der Waals surface area contributed by atoms with E-state index >= 15 is 0 Å². The van der Waals surface area contributed by atoms with Gasteiger partial charge < -0.3 is 9.15 Å². The van der Waals surface area contributed by atoms with E-state index in [1.165, 1.54) is 0 Å². The van der Waals surface area contributed by atoms with Gasteiger partial charge in [-0.25, -0.2) is 4.79 Å². The van der Waals surface area contributed by atoms with Gasteiger partial charge in [-0.15, -0.1) is 0 Å². The molecule has 0 unspecified atom stereocenters. The minimum atomic E-state index is -0.319. The van der Waals surface area contributed by atoms with Crippen molar-refractivity contribution < 1.29 is 18.7 Å². The van der Waals surface area contributed by atoms with Gasteiger partial charge in [-0.2, -0.15) is 0 Å². The number of aldehydes is 1. The first-order valence-corrected chi connectivity index (χ1v) is 8.03. The minimum absolute atomic E-state index is 0.138. The van der Waals surface area contributed by atoms with Crippen LogP contribution < -0.4 is 0 Å². The SMILES string of the molecule is CC(C)OC(=O)c1ccc(-c2ccc(-c3ccc(C=O)o3)cc2)cc1. The summed E-state index contributed by atoms with van der Waals surface area (Å²) >= 11 is 0. The Bertz CT molecular complexity index is 871. The summed E-state index contributed by atoms with van der Waals surface area (Å²) in [5, 5.41) is 0. The number of rotatable bonds is 5. The minimum Gasteiger partial charge on any atom is -0.459 e. The Morgan fingerprint density at radius 1 is 0.880 bits per heavy atom. The van der Waals surface area contributed by atoms with Gasteiger partial charge in [-0.1, -0.05) is 36.4 Å². The molecule has 0 aliphatic rings. The molecule has 0 amide bonds. The monoisotopic (exact) mass is 334 g/mol. The molecule has 0 radical (unpaired) electrons. The smallest absolute Gasteiger partial charge is 0.338 e. The second-order valence-corrected chi connectivity index (χ2v) is 5.93. The van der Waals surface area contributed by atoms with E-state index in [4.69, 9.17) is 9.15 Å². The van der Waals surface area contributed by atoms with Crippen molar-refractivity contribution in [1.82, 2.24) is 0 Å². The molecule has 4 nitrogen and oxygen atoms in total. The van der Waals surface area contributed by atoms with Gasteiger partial charge in [0, 0.05) is 5.56 Å². The van der Waals surface area contributed by atoms with Gasteiger partial charge in [-0.3, -0.25) is 4.79 Å². The molecule has 0 N–H and O–H groups in total. The van der Waals surface area contributed by atoms with E-state index in [0.717, 1.165) is 16.7 Å². The quantitative estimate of drug-likeness (QED) is 0.487. The summed E-state index contributed by atoms with van der Waals surface area (Å²) in [4.78, 5) is 22.6. The molecule has 0 bridgehead atoms. The van der Waals surface area contributed by atoms with Crippen molar-refractivity contribution in [2.45, 2.75) is 20.0 Å².